The summed E-state index contributed by atoms with van der Waals surface area (Å²) in [5.41, 5.74) is 2.68. The Morgan fingerprint density at radius 1 is 1.08 bits per heavy atom. The summed E-state index contributed by atoms with van der Waals surface area (Å²) in [6.45, 7) is 3.28. The molecule has 25 heavy (non-hydrogen) atoms. The van der Waals surface area contributed by atoms with Gasteiger partial charge in [0.15, 0.2) is 17.5 Å². The molecular formula is C19H22FN3O2. The predicted molar refractivity (Wildman–Crippen MR) is 95.6 cm³/mol. The Labute approximate surface area is 146 Å². The molecule has 0 spiro atoms. The van der Waals surface area contributed by atoms with Crippen molar-refractivity contribution in [2.45, 2.75) is 19.9 Å². The molecule has 2 N–H and O–H groups in total. The van der Waals surface area contributed by atoms with E-state index in [0.29, 0.717) is 18.1 Å². The normalized spacial score (nSPS) is 13.0. The highest BCUT2D eigenvalue weighted by Gasteiger charge is 2.12. The molecule has 0 aromatic heterocycles. The van der Waals surface area contributed by atoms with Gasteiger partial charge in [-0.1, -0.05) is 18.2 Å². The molecule has 5 nitrogen and oxygen atoms in total. The van der Waals surface area contributed by atoms with Crippen molar-refractivity contribution < 1.29 is 13.9 Å². The smallest absolute Gasteiger partial charge is 0.231 e. The molecule has 0 aliphatic carbocycles. The Kier molecular flexibility index (Phi) is 5.38. The van der Waals surface area contributed by atoms with Crippen molar-refractivity contribution in [2.24, 2.45) is 4.99 Å². The number of benzene rings is 2. The number of hydrogen-bond donors (Lipinski definition) is 2. The summed E-state index contributed by atoms with van der Waals surface area (Å²) in [4.78, 5) is 4.19. The maximum Gasteiger partial charge on any atom is 0.231 e. The van der Waals surface area contributed by atoms with Crippen molar-refractivity contribution in [3.05, 3.63) is 58.9 Å². The summed E-state index contributed by atoms with van der Waals surface area (Å²) >= 11 is 0. The Balaban J connectivity index is 1.47. The number of nitrogens with zero attached hydrogens (tertiary/aromatic N) is 1. The van der Waals surface area contributed by atoms with Crippen molar-refractivity contribution in [3.63, 3.8) is 0 Å². The molecule has 0 bridgehead atoms. The zero-order chi connectivity index (χ0) is 17.6. The second-order valence-corrected chi connectivity index (χ2v) is 5.87. The van der Waals surface area contributed by atoms with E-state index < -0.39 is 0 Å². The third kappa shape index (κ3) is 4.41. The summed E-state index contributed by atoms with van der Waals surface area (Å²) in [6, 6.07) is 11.2. The van der Waals surface area contributed by atoms with E-state index in [4.69, 9.17) is 9.47 Å². The molecule has 0 fully saturated rings. The van der Waals surface area contributed by atoms with Gasteiger partial charge in [0.1, 0.15) is 5.82 Å². The predicted octanol–water partition coefficient (Wildman–Crippen LogP) is 2.77. The van der Waals surface area contributed by atoms with E-state index in [9.17, 15) is 4.39 Å². The first-order chi connectivity index (χ1) is 12.2. The highest BCUT2D eigenvalue weighted by Crippen LogP contribution is 2.32. The van der Waals surface area contributed by atoms with Crippen LogP contribution in [-0.4, -0.2) is 26.3 Å². The Bertz CT molecular complexity index is 777. The number of aryl methyl sites for hydroxylation is 1. The van der Waals surface area contributed by atoms with Crippen LogP contribution in [0.5, 0.6) is 11.5 Å². The van der Waals surface area contributed by atoms with Gasteiger partial charge >= 0.3 is 0 Å². The van der Waals surface area contributed by atoms with E-state index >= 15 is 0 Å². The summed E-state index contributed by atoms with van der Waals surface area (Å²) in [7, 11) is 1.71. The fraction of sp³-hybridized carbons (Fsp3) is 0.316. The van der Waals surface area contributed by atoms with Gasteiger partial charge in [0.05, 0.1) is 0 Å². The average Bonchev–Trinajstić information content (AvgIpc) is 3.08. The lowest BCUT2D eigenvalue weighted by atomic mass is 10.1. The van der Waals surface area contributed by atoms with Gasteiger partial charge in [0.25, 0.3) is 0 Å². The van der Waals surface area contributed by atoms with Crippen molar-refractivity contribution in [1.29, 1.82) is 0 Å². The van der Waals surface area contributed by atoms with Crippen molar-refractivity contribution in [3.8, 4) is 11.5 Å². The van der Waals surface area contributed by atoms with Crippen LogP contribution >= 0.6 is 0 Å². The number of fused-ring (bicyclic) bond motifs is 1. The van der Waals surface area contributed by atoms with Crippen LogP contribution in [0.4, 0.5) is 4.39 Å². The lowest BCUT2D eigenvalue weighted by molar-refractivity contribution is 0.174. The highest BCUT2D eigenvalue weighted by atomic mass is 19.1. The van der Waals surface area contributed by atoms with Crippen LogP contribution in [0.15, 0.2) is 41.4 Å². The molecule has 1 aliphatic rings. The molecule has 0 saturated heterocycles. The molecule has 2 aromatic rings. The lowest BCUT2D eigenvalue weighted by Crippen LogP contribution is -2.37. The van der Waals surface area contributed by atoms with E-state index in [1.54, 1.807) is 26.1 Å². The lowest BCUT2D eigenvalue weighted by Gasteiger charge is -2.12. The number of ether oxygens (including phenoxy) is 2. The number of rotatable bonds is 5. The molecular weight excluding hydrogens is 321 g/mol. The topological polar surface area (TPSA) is 54.9 Å². The molecule has 0 radical (unpaired) electrons. The number of aliphatic imine (C=N–C) groups is 1. The Morgan fingerprint density at radius 3 is 2.68 bits per heavy atom. The molecule has 6 heteroatoms. The Hall–Kier alpha value is -2.76. The van der Waals surface area contributed by atoms with Gasteiger partial charge in [-0.05, 0) is 48.2 Å². The highest BCUT2D eigenvalue weighted by molar-refractivity contribution is 5.79. The molecule has 1 heterocycles. The van der Waals surface area contributed by atoms with Gasteiger partial charge in [0.2, 0.25) is 6.79 Å². The van der Waals surface area contributed by atoms with E-state index in [0.717, 1.165) is 35.6 Å². The van der Waals surface area contributed by atoms with Crippen LogP contribution < -0.4 is 20.1 Å². The molecule has 0 saturated carbocycles. The minimum atomic E-state index is -0.190. The number of halogens is 1. The van der Waals surface area contributed by atoms with Gasteiger partial charge < -0.3 is 20.1 Å². The van der Waals surface area contributed by atoms with Gasteiger partial charge in [-0.15, -0.1) is 0 Å². The van der Waals surface area contributed by atoms with Crippen molar-refractivity contribution in [2.75, 3.05) is 20.4 Å². The second-order valence-electron chi connectivity index (χ2n) is 5.87. The molecule has 3 rings (SSSR count). The van der Waals surface area contributed by atoms with Crippen molar-refractivity contribution >= 4 is 5.96 Å². The molecule has 1 aliphatic heterocycles. The fourth-order valence-corrected chi connectivity index (χ4v) is 2.57. The zero-order valence-corrected chi connectivity index (χ0v) is 14.4. The van der Waals surface area contributed by atoms with Crippen LogP contribution in [0.3, 0.4) is 0 Å². The molecule has 2 aromatic carbocycles. The summed E-state index contributed by atoms with van der Waals surface area (Å²) in [5, 5.41) is 6.44. The maximum atomic E-state index is 13.6. The first kappa shape index (κ1) is 17.1. The van der Waals surface area contributed by atoms with Crippen LogP contribution in [-0.2, 0) is 13.0 Å². The van der Waals surface area contributed by atoms with E-state index in [-0.39, 0.29) is 12.6 Å². The molecule has 0 atom stereocenters. The van der Waals surface area contributed by atoms with E-state index in [1.807, 2.05) is 24.3 Å². The minimum absolute atomic E-state index is 0.190. The van der Waals surface area contributed by atoms with Crippen LogP contribution in [0, 0.1) is 12.7 Å². The van der Waals surface area contributed by atoms with Gasteiger partial charge in [-0.25, -0.2) is 4.39 Å². The Morgan fingerprint density at radius 2 is 1.88 bits per heavy atom. The van der Waals surface area contributed by atoms with E-state index in [1.165, 1.54) is 0 Å². The van der Waals surface area contributed by atoms with Gasteiger partial charge in [-0.3, -0.25) is 4.99 Å². The zero-order valence-electron chi connectivity index (χ0n) is 14.4. The monoisotopic (exact) mass is 343 g/mol. The van der Waals surface area contributed by atoms with Crippen molar-refractivity contribution in [1.82, 2.24) is 10.6 Å². The number of guanidine groups is 1. The molecule has 132 valence electrons. The summed E-state index contributed by atoms with van der Waals surface area (Å²) in [6.07, 6.45) is 0.830. The first-order valence-electron chi connectivity index (χ1n) is 8.24. The maximum absolute atomic E-state index is 13.6. The molecule has 0 amide bonds. The SMILES string of the molecule is CN=C(NCCc1ccc2c(c1)OCO2)NCc1ccc(C)c(F)c1. The van der Waals surface area contributed by atoms with Crippen LogP contribution in [0.25, 0.3) is 0 Å². The van der Waals surface area contributed by atoms with Crippen LogP contribution in [0.1, 0.15) is 16.7 Å². The first-order valence-corrected chi connectivity index (χ1v) is 8.24. The third-order valence-electron chi connectivity index (χ3n) is 4.06. The summed E-state index contributed by atoms with van der Waals surface area (Å²) < 4.78 is 24.3. The quantitative estimate of drug-likeness (QED) is 0.647. The van der Waals surface area contributed by atoms with Gasteiger partial charge in [0, 0.05) is 20.1 Å². The van der Waals surface area contributed by atoms with Crippen LogP contribution in [0.2, 0.25) is 0 Å². The fourth-order valence-electron chi connectivity index (χ4n) is 2.57. The second kappa shape index (κ2) is 7.88. The number of hydrogen-bond acceptors (Lipinski definition) is 3. The largest absolute Gasteiger partial charge is 0.454 e. The average molecular weight is 343 g/mol. The van der Waals surface area contributed by atoms with E-state index in [2.05, 4.69) is 15.6 Å². The van der Waals surface area contributed by atoms with Gasteiger partial charge in [-0.2, -0.15) is 0 Å². The standard InChI is InChI=1S/C19H22FN3O2/c1-13-3-4-15(9-16(13)20)11-23-19(21-2)22-8-7-14-5-6-17-18(10-14)25-12-24-17/h3-6,9-10H,7-8,11-12H2,1-2H3,(H2,21,22,23). The third-order valence-corrected chi connectivity index (χ3v) is 4.06. The minimum Gasteiger partial charge on any atom is -0.454 e. The summed E-state index contributed by atoms with van der Waals surface area (Å²) in [5.74, 6) is 2.08. The molecule has 0 unspecified atom stereocenters. The number of nitrogens with one attached hydrogen (secondary N) is 2.